The van der Waals surface area contributed by atoms with Gasteiger partial charge in [-0.1, -0.05) is 42.5 Å². The van der Waals surface area contributed by atoms with Crippen LogP contribution in [0.15, 0.2) is 59.4 Å². The Morgan fingerprint density at radius 1 is 1.07 bits per heavy atom. The number of carbonyl (C=O) groups excluding carboxylic acids is 1. The molecule has 0 spiro atoms. The lowest BCUT2D eigenvalue weighted by Crippen LogP contribution is -2.32. The van der Waals surface area contributed by atoms with E-state index < -0.39 is 5.56 Å². The van der Waals surface area contributed by atoms with Crippen LogP contribution in [0, 0.1) is 25.2 Å². The monoisotopic (exact) mass is 358 g/mol. The molecule has 0 atom stereocenters. The number of nitrogens with zero attached hydrogens (tertiary/aromatic N) is 3. The van der Waals surface area contributed by atoms with Crippen LogP contribution < -0.4 is 10.9 Å². The van der Waals surface area contributed by atoms with Crippen LogP contribution >= 0.6 is 0 Å². The van der Waals surface area contributed by atoms with E-state index in [2.05, 4.69) is 10.4 Å². The van der Waals surface area contributed by atoms with Crippen LogP contribution in [0.25, 0.3) is 11.1 Å². The second-order valence-electron chi connectivity index (χ2n) is 6.15. The number of hydrogen-bond acceptors (Lipinski definition) is 4. The summed E-state index contributed by atoms with van der Waals surface area (Å²) >= 11 is 0. The van der Waals surface area contributed by atoms with E-state index in [9.17, 15) is 9.59 Å². The number of hydrogen-bond donors (Lipinski definition) is 1. The number of amides is 1. The van der Waals surface area contributed by atoms with Gasteiger partial charge in [0.1, 0.15) is 18.2 Å². The molecule has 0 aliphatic rings. The summed E-state index contributed by atoms with van der Waals surface area (Å²) < 4.78 is 1.02. The van der Waals surface area contributed by atoms with Crippen LogP contribution in [0.1, 0.15) is 16.8 Å². The predicted molar refractivity (Wildman–Crippen MR) is 103 cm³/mol. The zero-order valence-electron chi connectivity index (χ0n) is 15.1. The summed E-state index contributed by atoms with van der Waals surface area (Å²) in [5, 5.41) is 16.0. The Labute approximate surface area is 156 Å². The molecule has 0 saturated heterocycles. The molecular formula is C21H18N4O2. The summed E-state index contributed by atoms with van der Waals surface area (Å²) in [5.74, 6) is -0.385. The number of nitriles is 1. The smallest absolute Gasteiger partial charge is 0.285 e. The highest BCUT2D eigenvalue weighted by atomic mass is 16.2. The van der Waals surface area contributed by atoms with E-state index in [0.717, 1.165) is 15.8 Å². The average molecular weight is 358 g/mol. The molecule has 0 aliphatic carbocycles. The summed E-state index contributed by atoms with van der Waals surface area (Å²) in [6.45, 7) is 3.11. The van der Waals surface area contributed by atoms with Gasteiger partial charge in [-0.3, -0.25) is 9.59 Å². The summed E-state index contributed by atoms with van der Waals surface area (Å²) in [5.41, 5.74) is 3.29. The molecule has 1 heterocycles. The fourth-order valence-electron chi connectivity index (χ4n) is 2.72. The van der Waals surface area contributed by atoms with Gasteiger partial charge in [0, 0.05) is 5.69 Å². The average Bonchev–Trinajstić information content (AvgIpc) is 2.68. The van der Waals surface area contributed by atoms with Crippen LogP contribution in [0.5, 0.6) is 0 Å². The Morgan fingerprint density at radius 2 is 1.70 bits per heavy atom. The van der Waals surface area contributed by atoms with Gasteiger partial charge in [0.05, 0.1) is 5.69 Å². The standard InChI is InChI=1S/C21H18N4O2/c1-14-15(2)24-25(21(27)19(14)12-22)13-20(26)23-18-10-8-17(9-11-18)16-6-4-3-5-7-16/h3-11H,13H2,1-2H3,(H,23,26). The molecular weight excluding hydrogens is 340 g/mol. The van der Waals surface area contributed by atoms with Crippen molar-refractivity contribution < 1.29 is 4.79 Å². The molecule has 0 aliphatic heterocycles. The lowest BCUT2D eigenvalue weighted by atomic mass is 10.1. The Morgan fingerprint density at radius 3 is 2.33 bits per heavy atom. The third kappa shape index (κ3) is 3.93. The van der Waals surface area contributed by atoms with Crippen molar-refractivity contribution in [1.82, 2.24) is 9.78 Å². The van der Waals surface area contributed by atoms with Gasteiger partial charge in [0.15, 0.2) is 0 Å². The highest BCUT2D eigenvalue weighted by Gasteiger charge is 2.14. The number of aromatic nitrogens is 2. The van der Waals surface area contributed by atoms with E-state index in [4.69, 9.17) is 5.26 Å². The van der Waals surface area contributed by atoms with Gasteiger partial charge in [-0.15, -0.1) is 0 Å². The fourth-order valence-corrected chi connectivity index (χ4v) is 2.72. The highest BCUT2D eigenvalue weighted by Crippen LogP contribution is 2.20. The first-order valence-electron chi connectivity index (χ1n) is 8.43. The molecule has 134 valence electrons. The molecule has 0 fully saturated rings. The third-order valence-electron chi connectivity index (χ3n) is 4.32. The van der Waals surface area contributed by atoms with Crippen molar-refractivity contribution in [2.24, 2.45) is 0 Å². The van der Waals surface area contributed by atoms with E-state index in [1.807, 2.05) is 48.5 Å². The van der Waals surface area contributed by atoms with Crippen molar-refractivity contribution in [3.05, 3.63) is 81.8 Å². The molecule has 1 N–H and O–H groups in total. The van der Waals surface area contributed by atoms with E-state index in [-0.39, 0.29) is 18.0 Å². The molecule has 3 aromatic rings. The lowest BCUT2D eigenvalue weighted by molar-refractivity contribution is -0.117. The van der Waals surface area contributed by atoms with Crippen molar-refractivity contribution >= 4 is 11.6 Å². The molecule has 1 amide bonds. The van der Waals surface area contributed by atoms with E-state index in [0.29, 0.717) is 16.9 Å². The molecule has 3 rings (SSSR count). The van der Waals surface area contributed by atoms with Gasteiger partial charge >= 0.3 is 0 Å². The summed E-state index contributed by atoms with van der Waals surface area (Å²) in [4.78, 5) is 24.6. The number of nitrogens with one attached hydrogen (secondary N) is 1. The van der Waals surface area contributed by atoms with Gasteiger partial charge in [-0.2, -0.15) is 10.4 Å². The van der Waals surface area contributed by atoms with E-state index >= 15 is 0 Å². The maximum Gasteiger partial charge on any atom is 0.285 e. The molecule has 0 saturated carbocycles. The Balaban J connectivity index is 1.75. The Hall–Kier alpha value is -3.72. The second-order valence-corrected chi connectivity index (χ2v) is 6.15. The number of rotatable bonds is 4. The van der Waals surface area contributed by atoms with Gasteiger partial charge < -0.3 is 5.32 Å². The quantitative estimate of drug-likeness (QED) is 0.776. The largest absolute Gasteiger partial charge is 0.324 e. The first-order chi connectivity index (χ1) is 13.0. The van der Waals surface area contributed by atoms with Crippen LogP contribution in [0.3, 0.4) is 0 Å². The summed E-state index contributed by atoms with van der Waals surface area (Å²) in [7, 11) is 0. The van der Waals surface area contributed by atoms with Crippen molar-refractivity contribution in [2.45, 2.75) is 20.4 Å². The van der Waals surface area contributed by atoms with Crippen LogP contribution in [0.4, 0.5) is 5.69 Å². The molecule has 6 heteroatoms. The van der Waals surface area contributed by atoms with Gasteiger partial charge in [0.25, 0.3) is 5.56 Å². The Kier molecular flexibility index (Phi) is 5.13. The number of carbonyl (C=O) groups is 1. The third-order valence-corrected chi connectivity index (χ3v) is 4.32. The molecule has 0 unspecified atom stereocenters. The lowest BCUT2D eigenvalue weighted by Gasteiger charge is -2.10. The first-order valence-corrected chi connectivity index (χ1v) is 8.43. The zero-order valence-corrected chi connectivity index (χ0v) is 15.1. The van der Waals surface area contributed by atoms with Gasteiger partial charge in [-0.05, 0) is 42.7 Å². The van der Waals surface area contributed by atoms with E-state index in [1.54, 1.807) is 26.0 Å². The van der Waals surface area contributed by atoms with Gasteiger partial charge in [-0.25, -0.2) is 4.68 Å². The minimum atomic E-state index is -0.560. The van der Waals surface area contributed by atoms with Crippen molar-refractivity contribution in [2.75, 3.05) is 5.32 Å². The minimum absolute atomic E-state index is 0.0162. The van der Waals surface area contributed by atoms with E-state index in [1.165, 1.54) is 0 Å². The molecule has 2 aromatic carbocycles. The summed E-state index contributed by atoms with van der Waals surface area (Å²) in [6.07, 6.45) is 0. The maximum atomic E-state index is 12.3. The number of aryl methyl sites for hydroxylation is 1. The number of benzene rings is 2. The van der Waals surface area contributed by atoms with Crippen molar-refractivity contribution in [1.29, 1.82) is 5.26 Å². The number of anilines is 1. The minimum Gasteiger partial charge on any atom is -0.324 e. The van der Waals surface area contributed by atoms with Crippen LogP contribution in [-0.2, 0) is 11.3 Å². The first kappa shape index (κ1) is 18.1. The van der Waals surface area contributed by atoms with Crippen molar-refractivity contribution in [3.8, 4) is 17.2 Å². The van der Waals surface area contributed by atoms with Crippen LogP contribution in [0.2, 0.25) is 0 Å². The topological polar surface area (TPSA) is 87.8 Å². The SMILES string of the molecule is Cc1nn(CC(=O)Nc2ccc(-c3ccccc3)cc2)c(=O)c(C#N)c1C. The van der Waals surface area contributed by atoms with Crippen molar-refractivity contribution in [3.63, 3.8) is 0 Å². The molecule has 1 aromatic heterocycles. The molecule has 6 nitrogen and oxygen atoms in total. The van der Waals surface area contributed by atoms with Gasteiger partial charge in [0.2, 0.25) is 5.91 Å². The van der Waals surface area contributed by atoms with Crippen LogP contribution in [-0.4, -0.2) is 15.7 Å². The Bertz CT molecular complexity index is 1080. The molecule has 0 bridgehead atoms. The zero-order chi connectivity index (χ0) is 19.4. The molecule has 27 heavy (non-hydrogen) atoms. The highest BCUT2D eigenvalue weighted by molar-refractivity contribution is 5.90. The summed E-state index contributed by atoms with van der Waals surface area (Å²) in [6, 6.07) is 19.2. The fraction of sp³-hybridized carbons (Fsp3) is 0.143. The normalized spacial score (nSPS) is 10.3. The second kappa shape index (κ2) is 7.67. The molecule has 0 radical (unpaired) electrons. The maximum absolute atomic E-state index is 12.3. The predicted octanol–water partition coefficient (Wildman–Crippen LogP) is 3.04.